The number of rotatable bonds is 0. The highest BCUT2D eigenvalue weighted by Gasteiger charge is 2.02. The molecule has 4 heteroatoms. The molecular weight excluding hydrogens is 110 g/mol. The van der Waals surface area contributed by atoms with Crippen molar-refractivity contribution in [3.8, 4) is 6.19 Å². The summed E-state index contributed by atoms with van der Waals surface area (Å²) in [5.41, 5.74) is 1.66. The van der Waals surface area contributed by atoms with E-state index in [0.717, 1.165) is 0 Å². The zero-order chi connectivity index (χ0) is 5.11. The van der Waals surface area contributed by atoms with Crippen LogP contribution in [0.4, 0.5) is 0 Å². The Kier molecular flexibility index (Phi) is 1.18. The third-order valence-corrected chi connectivity index (χ3v) is 1.27. The average Bonchev–Trinajstić information content (AvgIpc) is 2.14. The molecule has 1 heterocycles. The van der Waals surface area contributed by atoms with Gasteiger partial charge in [0.1, 0.15) is 6.67 Å². The van der Waals surface area contributed by atoms with Crippen molar-refractivity contribution in [3.63, 3.8) is 0 Å². The second-order valence-corrected chi connectivity index (χ2v) is 1.88. The van der Waals surface area contributed by atoms with Gasteiger partial charge in [-0.2, -0.15) is 5.26 Å². The smallest absolute Gasteiger partial charge is 0.192 e. The first kappa shape index (κ1) is 4.47. The highest BCUT2D eigenvalue weighted by atomic mass is 32.2. The lowest BCUT2D eigenvalue weighted by atomic mass is 11.0. The quantitative estimate of drug-likeness (QED) is 0.337. The largest absolute Gasteiger partial charge is 0.261 e. The minimum atomic E-state index is 0.515. The van der Waals surface area contributed by atoms with Crippen molar-refractivity contribution in [3.05, 3.63) is 0 Å². The summed E-state index contributed by atoms with van der Waals surface area (Å²) in [4.78, 5) is 3.78. The molecule has 1 rings (SSSR count). The number of aliphatic imine (C=N–C) groups is 1. The first-order valence-electron chi connectivity index (χ1n) is 1.76. The number of nitriles is 1. The predicted octanol–water partition coefficient (Wildman–Crippen LogP) is 0.417. The van der Waals surface area contributed by atoms with Gasteiger partial charge >= 0.3 is 0 Å². The van der Waals surface area contributed by atoms with Crippen molar-refractivity contribution in [1.29, 1.82) is 5.26 Å². The molecule has 1 aliphatic heterocycles. The molecule has 0 saturated carbocycles. The Labute approximate surface area is 45.8 Å². The van der Waals surface area contributed by atoms with Crippen LogP contribution in [0.2, 0.25) is 0 Å². The minimum Gasteiger partial charge on any atom is -0.261 e. The van der Waals surface area contributed by atoms with Crippen molar-refractivity contribution in [2.24, 2.45) is 4.99 Å². The second kappa shape index (κ2) is 1.85. The van der Waals surface area contributed by atoms with E-state index >= 15 is 0 Å². The number of nitrogens with zero attached hydrogens (tertiary/aromatic N) is 3. The molecule has 0 N–H and O–H groups in total. The maximum absolute atomic E-state index is 8.14. The van der Waals surface area contributed by atoms with E-state index in [1.165, 1.54) is 16.3 Å². The molecule has 0 aliphatic carbocycles. The standard InChI is InChI=1S/C3H3N3S/c4-1-6-2-5-3-7-6/h3H,2H2. The summed E-state index contributed by atoms with van der Waals surface area (Å²) in [5.74, 6) is 0. The maximum atomic E-state index is 8.14. The highest BCUT2D eigenvalue weighted by Crippen LogP contribution is 2.09. The molecule has 7 heavy (non-hydrogen) atoms. The van der Waals surface area contributed by atoms with Gasteiger partial charge in [-0.25, -0.2) is 4.31 Å². The maximum Gasteiger partial charge on any atom is 0.192 e. The third-order valence-electron chi connectivity index (χ3n) is 0.571. The molecule has 0 unspecified atom stereocenters. The molecule has 0 spiro atoms. The normalized spacial score (nSPS) is 17.3. The van der Waals surface area contributed by atoms with Crippen LogP contribution in [0.25, 0.3) is 0 Å². The van der Waals surface area contributed by atoms with E-state index in [2.05, 4.69) is 4.99 Å². The van der Waals surface area contributed by atoms with Crippen LogP contribution in [0.15, 0.2) is 4.99 Å². The third kappa shape index (κ3) is 0.842. The van der Waals surface area contributed by atoms with Crippen LogP contribution in [0, 0.1) is 11.5 Å². The van der Waals surface area contributed by atoms with Gasteiger partial charge in [-0.15, -0.1) is 0 Å². The summed E-state index contributed by atoms with van der Waals surface area (Å²) in [6.45, 7) is 0.515. The Balaban J connectivity index is 2.39. The van der Waals surface area contributed by atoms with Crippen molar-refractivity contribution in [1.82, 2.24) is 4.31 Å². The van der Waals surface area contributed by atoms with E-state index in [0.29, 0.717) is 6.67 Å². The zero-order valence-electron chi connectivity index (χ0n) is 3.53. The highest BCUT2D eigenvalue weighted by molar-refractivity contribution is 8.10. The predicted molar refractivity (Wildman–Crippen MR) is 28.4 cm³/mol. The molecule has 0 aromatic heterocycles. The van der Waals surface area contributed by atoms with Crippen molar-refractivity contribution >= 4 is 17.5 Å². The molecule has 36 valence electrons. The van der Waals surface area contributed by atoms with Crippen LogP contribution in [0.1, 0.15) is 0 Å². The SMILES string of the molecule is N#CN1CN=CS1. The average molecular weight is 113 g/mol. The summed E-state index contributed by atoms with van der Waals surface area (Å²) in [7, 11) is 0. The fourth-order valence-electron chi connectivity index (χ4n) is 0.286. The number of hydrogen-bond donors (Lipinski definition) is 0. The Morgan fingerprint density at radius 2 is 2.86 bits per heavy atom. The Hall–Kier alpha value is -0.690. The first-order valence-corrected chi connectivity index (χ1v) is 2.59. The van der Waals surface area contributed by atoms with Crippen LogP contribution in [0.5, 0.6) is 0 Å². The fourth-order valence-corrected chi connectivity index (χ4v) is 0.714. The molecule has 0 saturated heterocycles. The summed E-state index contributed by atoms with van der Waals surface area (Å²) in [5, 5.41) is 8.14. The van der Waals surface area contributed by atoms with Gasteiger partial charge in [0.05, 0.1) is 5.55 Å². The fraction of sp³-hybridized carbons (Fsp3) is 0.333. The Morgan fingerprint density at radius 1 is 2.00 bits per heavy atom. The topological polar surface area (TPSA) is 39.4 Å². The van der Waals surface area contributed by atoms with Crippen LogP contribution in [-0.2, 0) is 0 Å². The van der Waals surface area contributed by atoms with Gasteiger partial charge in [-0.05, 0) is 0 Å². The molecule has 3 nitrogen and oxygen atoms in total. The molecule has 0 amide bonds. The molecule has 0 aromatic carbocycles. The lowest BCUT2D eigenvalue weighted by molar-refractivity contribution is 0.680. The molecule has 0 bridgehead atoms. The molecule has 0 aromatic rings. The number of hydrogen-bond acceptors (Lipinski definition) is 4. The van der Waals surface area contributed by atoms with Gasteiger partial charge in [0.15, 0.2) is 6.19 Å². The Morgan fingerprint density at radius 3 is 3.14 bits per heavy atom. The summed E-state index contributed by atoms with van der Waals surface area (Å²) in [6, 6.07) is 0. The van der Waals surface area contributed by atoms with Crippen LogP contribution in [-0.4, -0.2) is 16.5 Å². The second-order valence-electron chi connectivity index (χ2n) is 1.01. The lowest BCUT2D eigenvalue weighted by Gasteiger charge is -1.96. The van der Waals surface area contributed by atoms with E-state index in [4.69, 9.17) is 5.26 Å². The van der Waals surface area contributed by atoms with Crippen molar-refractivity contribution in [2.45, 2.75) is 0 Å². The lowest BCUT2D eigenvalue weighted by Crippen LogP contribution is -2.00. The zero-order valence-corrected chi connectivity index (χ0v) is 4.35. The van der Waals surface area contributed by atoms with E-state index in [-0.39, 0.29) is 0 Å². The van der Waals surface area contributed by atoms with Gasteiger partial charge in [-0.3, -0.25) is 4.99 Å². The minimum absolute atomic E-state index is 0.515. The van der Waals surface area contributed by atoms with E-state index in [9.17, 15) is 0 Å². The molecule has 0 fully saturated rings. The monoisotopic (exact) mass is 113 g/mol. The van der Waals surface area contributed by atoms with E-state index < -0.39 is 0 Å². The molecule has 1 aliphatic rings. The van der Waals surface area contributed by atoms with Crippen molar-refractivity contribution in [2.75, 3.05) is 6.67 Å². The van der Waals surface area contributed by atoms with Crippen molar-refractivity contribution < 1.29 is 0 Å². The van der Waals surface area contributed by atoms with Crippen LogP contribution >= 0.6 is 11.9 Å². The van der Waals surface area contributed by atoms with Gasteiger partial charge < -0.3 is 0 Å². The first-order chi connectivity index (χ1) is 3.43. The summed E-state index contributed by atoms with van der Waals surface area (Å²) >= 11 is 1.32. The van der Waals surface area contributed by atoms with Gasteiger partial charge in [-0.1, -0.05) is 0 Å². The van der Waals surface area contributed by atoms with Gasteiger partial charge in [0, 0.05) is 11.9 Å². The van der Waals surface area contributed by atoms with E-state index in [1.54, 1.807) is 5.55 Å². The Bertz CT molecular complexity index is 117. The van der Waals surface area contributed by atoms with Crippen LogP contribution < -0.4 is 0 Å². The molecule has 0 radical (unpaired) electrons. The van der Waals surface area contributed by atoms with Gasteiger partial charge in [0.25, 0.3) is 0 Å². The van der Waals surface area contributed by atoms with Crippen LogP contribution in [0.3, 0.4) is 0 Å². The molecule has 0 atom stereocenters. The summed E-state index contributed by atoms with van der Waals surface area (Å²) in [6.07, 6.45) is 1.94. The molecular formula is C3H3N3S. The van der Waals surface area contributed by atoms with Gasteiger partial charge in [0.2, 0.25) is 0 Å². The van der Waals surface area contributed by atoms with E-state index in [1.807, 2.05) is 6.19 Å². The summed E-state index contributed by atoms with van der Waals surface area (Å²) < 4.78 is 1.49.